The second kappa shape index (κ2) is 13.5. The van der Waals surface area contributed by atoms with E-state index < -0.39 is 52.3 Å². The number of alkyl halides is 2. The van der Waals surface area contributed by atoms with E-state index in [-0.39, 0.29) is 23.3 Å². The number of hydrogen-bond acceptors (Lipinski definition) is 1. The van der Waals surface area contributed by atoms with Crippen LogP contribution in [0.25, 0.3) is 22.3 Å². The standard InChI is InChI=1S/C36H30F8O/c1-2-3-4-5-21-6-8-22(9-7-21)23-10-12-24(13-11-23)25-14-15-28(29(37)16-25)26-17-30(38)34(31(39)18-26)36(43,44)45-27-19-32(40)35(42)33(41)20-27/h4-5,10-22H,2-3,6-9H2,1H3/b5-4+. The van der Waals surface area contributed by atoms with Crippen molar-refractivity contribution >= 4 is 0 Å². The highest BCUT2D eigenvalue weighted by atomic mass is 19.3. The molecule has 4 aromatic carbocycles. The molecule has 0 atom stereocenters. The Morgan fingerprint density at radius 1 is 0.689 bits per heavy atom. The normalized spacial score (nSPS) is 17.2. The molecule has 1 nitrogen and oxygen atoms in total. The van der Waals surface area contributed by atoms with Crippen molar-refractivity contribution in [3.63, 3.8) is 0 Å². The molecule has 0 saturated heterocycles. The highest BCUT2D eigenvalue weighted by Crippen LogP contribution is 2.40. The first kappa shape index (κ1) is 32.3. The predicted molar refractivity (Wildman–Crippen MR) is 157 cm³/mol. The van der Waals surface area contributed by atoms with Crippen LogP contribution in [0.5, 0.6) is 5.75 Å². The largest absolute Gasteiger partial charge is 0.432 e. The first-order valence-electron chi connectivity index (χ1n) is 14.7. The minimum absolute atomic E-state index is 0.110. The van der Waals surface area contributed by atoms with Crippen LogP contribution in [0.15, 0.2) is 78.9 Å². The molecule has 0 N–H and O–H groups in total. The van der Waals surface area contributed by atoms with Crippen molar-refractivity contribution in [1.82, 2.24) is 0 Å². The van der Waals surface area contributed by atoms with Crippen LogP contribution in [-0.4, -0.2) is 0 Å². The fourth-order valence-electron chi connectivity index (χ4n) is 5.77. The topological polar surface area (TPSA) is 9.23 Å². The third-order valence-electron chi connectivity index (χ3n) is 8.17. The average molecular weight is 631 g/mol. The van der Waals surface area contributed by atoms with Crippen LogP contribution in [0.1, 0.15) is 62.5 Å². The van der Waals surface area contributed by atoms with E-state index in [0.717, 1.165) is 44.1 Å². The van der Waals surface area contributed by atoms with E-state index in [0.29, 0.717) is 29.5 Å². The number of hydrogen-bond donors (Lipinski definition) is 0. The SMILES string of the molecule is CCC/C=C/C1CCC(c2ccc(-c3ccc(-c4cc(F)c(C(F)(F)Oc5cc(F)c(F)c(F)c5)c(F)c4)c(F)c3)cc2)CC1. The fourth-order valence-corrected chi connectivity index (χ4v) is 5.77. The third kappa shape index (κ3) is 7.24. The molecule has 1 aliphatic rings. The van der Waals surface area contributed by atoms with E-state index in [9.17, 15) is 30.7 Å². The van der Waals surface area contributed by atoms with Gasteiger partial charge in [-0.15, -0.1) is 0 Å². The lowest BCUT2D eigenvalue weighted by atomic mass is 9.78. The zero-order valence-corrected chi connectivity index (χ0v) is 24.3. The first-order valence-corrected chi connectivity index (χ1v) is 14.7. The van der Waals surface area contributed by atoms with Crippen LogP contribution in [0.4, 0.5) is 35.1 Å². The monoisotopic (exact) mass is 630 g/mol. The maximum atomic E-state index is 15.2. The van der Waals surface area contributed by atoms with Crippen molar-refractivity contribution < 1.29 is 39.9 Å². The molecule has 0 amide bonds. The first-order chi connectivity index (χ1) is 21.5. The highest BCUT2D eigenvalue weighted by Gasteiger charge is 2.41. The molecule has 0 radical (unpaired) electrons. The van der Waals surface area contributed by atoms with Crippen LogP contribution in [0.3, 0.4) is 0 Å². The van der Waals surface area contributed by atoms with Gasteiger partial charge < -0.3 is 4.74 Å². The Kier molecular flexibility index (Phi) is 9.65. The van der Waals surface area contributed by atoms with E-state index in [1.807, 2.05) is 24.3 Å². The molecule has 0 aliphatic heterocycles. The van der Waals surface area contributed by atoms with Crippen LogP contribution in [-0.2, 0) is 6.11 Å². The molecule has 236 valence electrons. The van der Waals surface area contributed by atoms with Crippen molar-refractivity contribution in [3.05, 3.63) is 125 Å². The maximum absolute atomic E-state index is 15.2. The Bertz CT molecular complexity index is 1640. The molecular formula is C36H30F8O. The molecule has 5 rings (SSSR count). The second-order valence-corrected chi connectivity index (χ2v) is 11.3. The lowest BCUT2D eigenvalue weighted by Crippen LogP contribution is -2.25. The summed E-state index contributed by atoms with van der Waals surface area (Å²) in [6.07, 6.45) is 6.57. The fraction of sp³-hybridized carbons (Fsp3) is 0.278. The van der Waals surface area contributed by atoms with E-state index in [1.165, 1.54) is 17.7 Å². The number of allylic oxidation sites excluding steroid dienone is 2. The molecular weight excluding hydrogens is 600 g/mol. The summed E-state index contributed by atoms with van der Waals surface area (Å²) < 4.78 is 118. The van der Waals surface area contributed by atoms with Gasteiger partial charge in [0.15, 0.2) is 17.5 Å². The van der Waals surface area contributed by atoms with Gasteiger partial charge in [-0.25, -0.2) is 26.3 Å². The van der Waals surface area contributed by atoms with Gasteiger partial charge in [0.1, 0.15) is 28.8 Å². The van der Waals surface area contributed by atoms with Crippen molar-refractivity contribution in [1.29, 1.82) is 0 Å². The Hall–Kier alpha value is -4.14. The Morgan fingerprint density at radius 3 is 1.84 bits per heavy atom. The number of unbranched alkanes of at least 4 members (excludes halogenated alkanes) is 1. The van der Waals surface area contributed by atoms with Crippen LogP contribution >= 0.6 is 0 Å². The van der Waals surface area contributed by atoms with Gasteiger partial charge in [0, 0.05) is 17.7 Å². The second-order valence-electron chi connectivity index (χ2n) is 11.3. The van der Waals surface area contributed by atoms with E-state index in [4.69, 9.17) is 0 Å². The summed E-state index contributed by atoms with van der Waals surface area (Å²) >= 11 is 0. The summed E-state index contributed by atoms with van der Waals surface area (Å²) in [4.78, 5) is 0. The molecule has 1 aliphatic carbocycles. The zero-order chi connectivity index (χ0) is 32.3. The van der Waals surface area contributed by atoms with Gasteiger partial charge in [-0.05, 0) is 84.4 Å². The van der Waals surface area contributed by atoms with Crippen molar-refractivity contribution in [2.75, 3.05) is 0 Å². The van der Waals surface area contributed by atoms with Gasteiger partial charge in [-0.3, -0.25) is 0 Å². The van der Waals surface area contributed by atoms with E-state index in [2.05, 4.69) is 23.8 Å². The van der Waals surface area contributed by atoms with Crippen molar-refractivity contribution in [3.8, 4) is 28.0 Å². The van der Waals surface area contributed by atoms with Crippen molar-refractivity contribution in [2.24, 2.45) is 5.92 Å². The van der Waals surface area contributed by atoms with Crippen molar-refractivity contribution in [2.45, 2.75) is 57.5 Å². The molecule has 4 aromatic rings. The van der Waals surface area contributed by atoms with Gasteiger partial charge in [0.05, 0.1) is 0 Å². The average Bonchev–Trinajstić information content (AvgIpc) is 2.99. The minimum Gasteiger partial charge on any atom is -0.429 e. The Balaban J connectivity index is 1.31. The number of halogens is 8. The Labute approximate surface area is 256 Å². The number of benzene rings is 4. The Morgan fingerprint density at radius 2 is 1.27 bits per heavy atom. The molecule has 9 heteroatoms. The minimum atomic E-state index is -4.75. The summed E-state index contributed by atoms with van der Waals surface area (Å²) in [5.74, 6) is -10.1. The van der Waals surface area contributed by atoms with E-state index >= 15 is 4.39 Å². The quantitative estimate of drug-likeness (QED) is 0.102. The van der Waals surface area contributed by atoms with Crippen LogP contribution in [0, 0.1) is 40.8 Å². The van der Waals surface area contributed by atoms with Crippen LogP contribution in [0.2, 0.25) is 0 Å². The zero-order valence-electron chi connectivity index (χ0n) is 24.3. The van der Waals surface area contributed by atoms with Crippen LogP contribution < -0.4 is 4.74 Å². The molecule has 0 heterocycles. The summed E-state index contributed by atoms with van der Waals surface area (Å²) in [7, 11) is 0. The number of rotatable bonds is 9. The lowest BCUT2D eigenvalue weighted by molar-refractivity contribution is -0.189. The summed E-state index contributed by atoms with van der Waals surface area (Å²) in [5, 5.41) is 0. The summed E-state index contributed by atoms with van der Waals surface area (Å²) in [6, 6.07) is 13.1. The van der Waals surface area contributed by atoms with Gasteiger partial charge in [-0.2, -0.15) is 8.78 Å². The maximum Gasteiger partial charge on any atom is 0.432 e. The molecule has 0 aromatic heterocycles. The molecule has 0 bridgehead atoms. The molecule has 1 saturated carbocycles. The number of ether oxygens (including phenoxy) is 1. The third-order valence-corrected chi connectivity index (χ3v) is 8.17. The van der Waals surface area contributed by atoms with Gasteiger partial charge >= 0.3 is 6.11 Å². The smallest absolute Gasteiger partial charge is 0.429 e. The van der Waals surface area contributed by atoms with E-state index in [1.54, 1.807) is 6.07 Å². The highest BCUT2D eigenvalue weighted by molar-refractivity contribution is 5.71. The summed E-state index contributed by atoms with van der Waals surface area (Å²) in [5.41, 5.74) is 0.00465. The molecule has 45 heavy (non-hydrogen) atoms. The van der Waals surface area contributed by atoms with Gasteiger partial charge in [0.25, 0.3) is 0 Å². The predicted octanol–water partition coefficient (Wildman–Crippen LogP) is 11.6. The lowest BCUT2D eigenvalue weighted by Gasteiger charge is -2.27. The summed E-state index contributed by atoms with van der Waals surface area (Å²) in [6.45, 7) is 2.16. The van der Waals surface area contributed by atoms with Gasteiger partial charge in [0.2, 0.25) is 0 Å². The molecule has 0 spiro atoms. The molecule has 0 unspecified atom stereocenters. The molecule has 1 fully saturated rings. The van der Waals surface area contributed by atoms with Gasteiger partial charge in [-0.1, -0.05) is 61.9 Å².